The molecule has 0 spiro atoms. The van der Waals surface area contributed by atoms with E-state index in [1.807, 2.05) is 0 Å². The molecule has 0 fully saturated rings. The summed E-state index contributed by atoms with van der Waals surface area (Å²) in [5.74, 6) is 14.2. The van der Waals surface area contributed by atoms with Crippen molar-refractivity contribution in [2.24, 2.45) is 23.6 Å². The number of rotatable bonds is 4. The van der Waals surface area contributed by atoms with Gasteiger partial charge in [-0.1, -0.05) is 0 Å². The molecule has 0 saturated carbocycles. The quantitative estimate of drug-likeness (QED) is 0.249. The first kappa shape index (κ1) is 10.2. The van der Waals surface area contributed by atoms with Gasteiger partial charge in [0.15, 0.2) is 0 Å². The van der Waals surface area contributed by atoms with E-state index in [9.17, 15) is 4.79 Å². The van der Waals surface area contributed by atoms with Gasteiger partial charge in [0.05, 0.1) is 0 Å². The molecule has 0 rings (SSSR count). The Bertz CT molecular complexity index is 126. The Hall–Kier alpha value is -0.810. The van der Waals surface area contributed by atoms with Gasteiger partial charge in [-0.15, -0.1) is 0 Å². The summed E-state index contributed by atoms with van der Waals surface area (Å²) < 4.78 is 0. The minimum absolute atomic E-state index is 1.33. The molecule has 0 unspecified atom stereocenters. The van der Waals surface area contributed by atoms with Crippen molar-refractivity contribution in [3.63, 3.8) is 0 Å². The van der Waals surface area contributed by atoms with Crippen LogP contribution in [0.25, 0.3) is 0 Å². The largest absolute Gasteiger partial charge is 0.436 e. The molecular weight excluding hydrogens is 160 g/mol. The maximum atomic E-state index is 10.6. The van der Waals surface area contributed by atoms with Crippen LogP contribution < -0.4 is 23.6 Å². The van der Waals surface area contributed by atoms with E-state index >= 15 is 0 Å². The molecule has 0 saturated heterocycles. The minimum Gasteiger partial charge on any atom is -0.367 e. The van der Waals surface area contributed by atoms with Gasteiger partial charge in [-0.25, -0.2) is 37.0 Å². The zero-order chi connectivity index (χ0) is 8.91. The lowest BCUT2D eigenvalue weighted by Gasteiger charge is -2.21. The molecule has 0 amide bonds. The van der Waals surface area contributed by atoms with Gasteiger partial charge in [0.25, 0.3) is 0 Å². The lowest BCUT2D eigenvalue weighted by Crippen LogP contribution is -2.53. The lowest BCUT2D eigenvalue weighted by atomic mass is 10.6. The fraction of sp³-hybridized carbons (Fsp3) is 0.500. The number of hydrogen-bond acceptors (Lipinski definition) is 9. The van der Waals surface area contributed by atoms with E-state index < -0.39 is 11.9 Å². The van der Waals surface area contributed by atoms with Gasteiger partial charge in [-0.05, 0) is 0 Å². The normalized spacial score (nSPS) is 11.3. The van der Waals surface area contributed by atoms with Gasteiger partial charge < -0.3 is 4.84 Å². The molecule has 9 heteroatoms. The van der Waals surface area contributed by atoms with Gasteiger partial charge >= 0.3 is 11.9 Å². The highest BCUT2D eigenvalue weighted by atomic mass is 17.0. The van der Waals surface area contributed by atoms with Gasteiger partial charge in [0, 0.05) is 0 Å². The zero-order valence-corrected chi connectivity index (χ0v) is 5.35. The predicted molar refractivity (Wildman–Crippen MR) is 28.8 cm³/mol. The SMILES string of the molecule is NOC(=O)C(ON)(ON)ON. The Morgan fingerprint density at radius 1 is 1.00 bits per heavy atom. The average molecular weight is 168 g/mol. The second-order valence-electron chi connectivity index (χ2n) is 1.32. The molecule has 0 radical (unpaired) electrons. The molecule has 0 atom stereocenters. The average Bonchev–Trinajstić information content (AvgIpc) is 2.08. The highest BCUT2D eigenvalue weighted by Gasteiger charge is 2.45. The molecule has 66 valence electrons. The van der Waals surface area contributed by atoms with Crippen LogP contribution >= 0.6 is 0 Å². The Kier molecular flexibility index (Phi) is 3.84. The third-order valence-corrected chi connectivity index (χ3v) is 0.822. The number of carbonyl (C=O) groups is 1. The summed E-state index contributed by atoms with van der Waals surface area (Å²) in [7, 11) is 0. The van der Waals surface area contributed by atoms with Crippen molar-refractivity contribution >= 4 is 5.97 Å². The molecule has 0 aliphatic carbocycles. The Labute approximate surface area is 60.9 Å². The monoisotopic (exact) mass is 168 g/mol. The summed E-state index contributed by atoms with van der Waals surface area (Å²) in [6.07, 6.45) is 0. The maximum Gasteiger partial charge on any atom is 0.436 e. The van der Waals surface area contributed by atoms with Crippen molar-refractivity contribution in [3.05, 3.63) is 0 Å². The van der Waals surface area contributed by atoms with E-state index in [2.05, 4.69) is 42.9 Å². The standard InChI is InChI=1S/C2H8N4O5/c3-8-1(7)2(9-4,10-5)11-6/h3-6H2. The number of hydrogen-bond donors (Lipinski definition) is 4. The number of carbonyl (C=O) groups excluding carboxylic acids is 1. The van der Waals surface area contributed by atoms with Crippen LogP contribution in [0.4, 0.5) is 0 Å². The molecule has 9 nitrogen and oxygen atoms in total. The summed E-state index contributed by atoms with van der Waals surface area (Å²) in [5, 5.41) is 0. The van der Waals surface area contributed by atoms with E-state index in [0.717, 1.165) is 0 Å². The molecule has 0 bridgehead atoms. The molecule has 8 N–H and O–H groups in total. The van der Waals surface area contributed by atoms with Crippen LogP contribution in [0.5, 0.6) is 0 Å². The van der Waals surface area contributed by atoms with Crippen molar-refractivity contribution in [1.29, 1.82) is 0 Å². The second kappa shape index (κ2) is 4.15. The highest BCUT2D eigenvalue weighted by Crippen LogP contribution is 2.08. The summed E-state index contributed by atoms with van der Waals surface area (Å²) in [5.41, 5.74) is 0. The van der Waals surface area contributed by atoms with Crippen LogP contribution in [-0.2, 0) is 24.1 Å². The minimum atomic E-state index is -2.52. The molecule has 0 aliphatic heterocycles. The molecule has 11 heavy (non-hydrogen) atoms. The predicted octanol–water partition coefficient (Wildman–Crippen LogP) is -3.27. The van der Waals surface area contributed by atoms with E-state index in [0.29, 0.717) is 0 Å². The molecular formula is C2H8N4O5. The van der Waals surface area contributed by atoms with Crippen molar-refractivity contribution in [2.75, 3.05) is 0 Å². The Morgan fingerprint density at radius 2 is 1.36 bits per heavy atom. The first-order valence-corrected chi connectivity index (χ1v) is 2.21. The summed E-state index contributed by atoms with van der Waals surface area (Å²) in [6, 6.07) is 0. The zero-order valence-electron chi connectivity index (χ0n) is 5.35. The smallest absolute Gasteiger partial charge is 0.367 e. The summed E-state index contributed by atoms with van der Waals surface area (Å²) in [4.78, 5) is 25.7. The first-order valence-electron chi connectivity index (χ1n) is 2.21. The highest BCUT2D eigenvalue weighted by molar-refractivity contribution is 5.75. The summed E-state index contributed by atoms with van der Waals surface area (Å²) >= 11 is 0. The van der Waals surface area contributed by atoms with Crippen LogP contribution in [0, 0.1) is 0 Å². The molecule has 0 heterocycles. The third kappa shape index (κ3) is 1.81. The van der Waals surface area contributed by atoms with Crippen LogP contribution in [0.3, 0.4) is 0 Å². The van der Waals surface area contributed by atoms with Crippen LogP contribution in [-0.4, -0.2) is 11.9 Å². The van der Waals surface area contributed by atoms with Gasteiger partial charge in [-0.2, -0.15) is 5.90 Å². The van der Waals surface area contributed by atoms with Gasteiger partial charge in [0.2, 0.25) is 0 Å². The maximum absolute atomic E-state index is 10.6. The van der Waals surface area contributed by atoms with E-state index in [4.69, 9.17) is 0 Å². The fourth-order valence-corrected chi connectivity index (χ4v) is 0.300. The Balaban J connectivity index is 4.39. The Morgan fingerprint density at radius 3 is 1.45 bits per heavy atom. The van der Waals surface area contributed by atoms with Crippen LogP contribution in [0.1, 0.15) is 0 Å². The van der Waals surface area contributed by atoms with E-state index in [1.165, 1.54) is 0 Å². The first-order chi connectivity index (χ1) is 5.16. The van der Waals surface area contributed by atoms with Gasteiger partial charge in [0.1, 0.15) is 0 Å². The third-order valence-electron chi connectivity index (χ3n) is 0.822. The molecule has 0 aromatic heterocycles. The van der Waals surface area contributed by atoms with Crippen LogP contribution in [0.2, 0.25) is 0 Å². The summed E-state index contributed by atoms with van der Waals surface area (Å²) in [6.45, 7) is 0. The topological polar surface area (TPSA) is 158 Å². The molecule has 0 aromatic carbocycles. The van der Waals surface area contributed by atoms with Crippen LogP contribution in [0.15, 0.2) is 0 Å². The van der Waals surface area contributed by atoms with Crippen molar-refractivity contribution in [3.8, 4) is 0 Å². The second-order valence-corrected chi connectivity index (χ2v) is 1.32. The van der Waals surface area contributed by atoms with Crippen molar-refractivity contribution in [2.45, 2.75) is 5.97 Å². The van der Waals surface area contributed by atoms with Crippen molar-refractivity contribution < 1.29 is 24.1 Å². The number of nitrogens with two attached hydrogens (primary N) is 4. The van der Waals surface area contributed by atoms with E-state index in [1.54, 1.807) is 0 Å². The van der Waals surface area contributed by atoms with Gasteiger partial charge in [-0.3, -0.25) is 0 Å². The molecule has 0 aromatic rings. The molecule has 0 aliphatic rings. The van der Waals surface area contributed by atoms with Crippen molar-refractivity contribution in [1.82, 2.24) is 0 Å². The lowest BCUT2D eigenvalue weighted by molar-refractivity contribution is -0.372. The fourth-order valence-electron chi connectivity index (χ4n) is 0.300. The van der Waals surface area contributed by atoms with E-state index in [-0.39, 0.29) is 0 Å².